The Labute approximate surface area is 155 Å². The molecule has 0 spiro atoms. The normalized spacial score (nSPS) is 11.0. The molecule has 1 N–H and O–H groups in total. The van der Waals surface area contributed by atoms with Crippen molar-refractivity contribution in [2.45, 2.75) is 5.92 Å². The molecule has 3 nitrogen and oxygen atoms in total. The molecule has 0 radical (unpaired) electrons. The highest BCUT2D eigenvalue weighted by Crippen LogP contribution is 2.24. The van der Waals surface area contributed by atoms with Crippen molar-refractivity contribution in [1.82, 2.24) is 5.43 Å². The standard InChI is InChI=1S/C21H17BrN2O/c22-19-13-7-8-16(14-19)15-23-24-21(25)20(17-9-3-1-4-10-17)18-11-5-2-6-12-18/h1-15,20H,(H,24,25)/b23-15+. The van der Waals surface area contributed by atoms with Gasteiger partial charge in [0.15, 0.2) is 0 Å². The highest BCUT2D eigenvalue weighted by atomic mass is 79.9. The maximum absolute atomic E-state index is 12.8. The minimum Gasteiger partial charge on any atom is -0.272 e. The lowest BCUT2D eigenvalue weighted by molar-refractivity contribution is -0.121. The van der Waals surface area contributed by atoms with Gasteiger partial charge in [-0.05, 0) is 28.8 Å². The first-order chi connectivity index (χ1) is 12.2. The molecule has 0 fully saturated rings. The molecule has 0 aromatic heterocycles. The highest BCUT2D eigenvalue weighted by Gasteiger charge is 2.22. The summed E-state index contributed by atoms with van der Waals surface area (Å²) < 4.78 is 0.967. The van der Waals surface area contributed by atoms with Crippen molar-refractivity contribution in [3.63, 3.8) is 0 Å². The van der Waals surface area contributed by atoms with Crippen molar-refractivity contribution in [1.29, 1.82) is 0 Å². The second-order valence-electron chi connectivity index (χ2n) is 5.54. The molecule has 0 aliphatic rings. The third-order valence-corrected chi connectivity index (χ3v) is 4.26. The molecule has 3 aromatic rings. The number of carbonyl (C=O) groups is 1. The van der Waals surface area contributed by atoms with E-state index in [1.54, 1.807) is 6.21 Å². The van der Waals surface area contributed by atoms with Crippen molar-refractivity contribution in [2.75, 3.05) is 0 Å². The van der Waals surface area contributed by atoms with Gasteiger partial charge in [-0.3, -0.25) is 4.79 Å². The van der Waals surface area contributed by atoms with Crippen LogP contribution in [0.2, 0.25) is 0 Å². The number of nitrogens with zero attached hydrogens (tertiary/aromatic N) is 1. The van der Waals surface area contributed by atoms with E-state index in [1.807, 2.05) is 84.9 Å². The minimum absolute atomic E-state index is 0.163. The first-order valence-electron chi connectivity index (χ1n) is 7.92. The first-order valence-corrected chi connectivity index (χ1v) is 8.72. The van der Waals surface area contributed by atoms with Crippen molar-refractivity contribution in [3.05, 3.63) is 106 Å². The zero-order chi connectivity index (χ0) is 17.5. The molecule has 124 valence electrons. The fraction of sp³-hybridized carbons (Fsp3) is 0.0476. The summed E-state index contributed by atoms with van der Waals surface area (Å²) in [7, 11) is 0. The summed E-state index contributed by atoms with van der Waals surface area (Å²) in [4.78, 5) is 12.8. The van der Waals surface area contributed by atoms with Crippen LogP contribution in [0.15, 0.2) is 94.5 Å². The summed E-state index contributed by atoms with van der Waals surface area (Å²) >= 11 is 3.42. The molecule has 0 atom stereocenters. The molecule has 0 saturated carbocycles. The van der Waals surface area contributed by atoms with Crippen LogP contribution in [0.1, 0.15) is 22.6 Å². The molecule has 0 saturated heterocycles. The smallest absolute Gasteiger partial charge is 0.252 e. The Kier molecular flexibility index (Phi) is 5.75. The van der Waals surface area contributed by atoms with Crippen LogP contribution < -0.4 is 5.43 Å². The Bertz CT molecular complexity index is 824. The van der Waals surface area contributed by atoms with Gasteiger partial charge in [0.2, 0.25) is 0 Å². The number of amides is 1. The van der Waals surface area contributed by atoms with Gasteiger partial charge in [-0.15, -0.1) is 0 Å². The van der Waals surface area contributed by atoms with E-state index in [0.717, 1.165) is 21.2 Å². The van der Waals surface area contributed by atoms with Gasteiger partial charge in [-0.25, -0.2) is 5.43 Å². The molecule has 4 heteroatoms. The average molecular weight is 393 g/mol. The Hall–Kier alpha value is -2.72. The van der Waals surface area contributed by atoms with Crippen LogP contribution >= 0.6 is 15.9 Å². The fourth-order valence-corrected chi connectivity index (χ4v) is 3.02. The van der Waals surface area contributed by atoms with Gasteiger partial charge >= 0.3 is 0 Å². The predicted octanol–water partition coefficient (Wildman–Crippen LogP) is 4.73. The molecule has 1 amide bonds. The Morgan fingerprint density at radius 2 is 1.48 bits per heavy atom. The van der Waals surface area contributed by atoms with Gasteiger partial charge in [0, 0.05) is 4.47 Å². The number of carbonyl (C=O) groups excluding carboxylic acids is 1. The lowest BCUT2D eigenvalue weighted by Crippen LogP contribution is -2.26. The Morgan fingerprint density at radius 3 is 2.04 bits per heavy atom. The minimum atomic E-state index is -0.401. The molecule has 3 aromatic carbocycles. The summed E-state index contributed by atoms with van der Waals surface area (Å²) in [6.45, 7) is 0. The van der Waals surface area contributed by atoms with E-state index < -0.39 is 5.92 Å². The van der Waals surface area contributed by atoms with Crippen molar-refractivity contribution in [3.8, 4) is 0 Å². The lowest BCUT2D eigenvalue weighted by atomic mass is 9.91. The maximum Gasteiger partial charge on any atom is 0.252 e. The zero-order valence-electron chi connectivity index (χ0n) is 13.5. The quantitative estimate of drug-likeness (QED) is 0.494. The molecule has 0 aliphatic heterocycles. The van der Waals surface area contributed by atoms with Crippen LogP contribution in [0.4, 0.5) is 0 Å². The highest BCUT2D eigenvalue weighted by molar-refractivity contribution is 9.10. The number of nitrogens with one attached hydrogen (secondary N) is 1. The third kappa shape index (κ3) is 4.64. The van der Waals surface area contributed by atoms with Gasteiger partial charge in [0.05, 0.1) is 12.1 Å². The molecule has 0 heterocycles. The molecule has 0 unspecified atom stereocenters. The summed E-state index contributed by atoms with van der Waals surface area (Å²) in [5.74, 6) is -0.564. The zero-order valence-corrected chi connectivity index (χ0v) is 15.1. The summed E-state index contributed by atoms with van der Waals surface area (Å²) in [6, 6.07) is 27.1. The van der Waals surface area contributed by atoms with E-state index >= 15 is 0 Å². The van der Waals surface area contributed by atoms with Crippen molar-refractivity contribution in [2.24, 2.45) is 5.10 Å². The second kappa shape index (κ2) is 8.40. The monoisotopic (exact) mass is 392 g/mol. The number of halogens is 1. The number of hydrogen-bond acceptors (Lipinski definition) is 2. The molecule has 25 heavy (non-hydrogen) atoms. The van der Waals surface area contributed by atoms with Gasteiger partial charge in [-0.1, -0.05) is 88.7 Å². The Morgan fingerprint density at radius 1 is 0.880 bits per heavy atom. The van der Waals surface area contributed by atoms with E-state index in [4.69, 9.17) is 0 Å². The van der Waals surface area contributed by atoms with Crippen LogP contribution in [-0.2, 0) is 4.79 Å². The molecule has 3 rings (SSSR count). The number of hydrazone groups is 1. The summed E-state index contributed by atoms with van der Waals surface area (Å²) in [5.41, 5.74) is 5.44. The van der Waals surface area contributed by atoms with Crippen LogP contribution in [0, 0.1) is 0 Å². The van der Waals surface area contributed by atoms with E-state index in [9.17, 15) is 4.79 Å². The average Bonchev–Trinajstić information content (AvgIpc) is 2.64. The first kappa shape index (κ1) is 17.1. The van der Waals surface area contributed by atoms with Crippen LogP contribution in [0.25, 0.3) is 0 Å². The van der Waals surface area contributed by atoms with Gasteiger partial charge in [0.25, 0.3) is 5.91 Å². The summed E-state index contributed by atoms with van der Waals surface area (Å²) in [5, 5.41) is 4.11. The second-order valence-corrected chi connectivity index (χ2v) is 6.46. The van der Waals surface area contributed by atoms with E-state index in [-0.39, 0.29) is 5.91 Å². The maximum atomic E-state index is 12.8. The lowest BCUT2D eigenvalue weighted by Gasteiger charge is -2.16. The van der Waals surface area contributed by atoms with Gasteiger partial charge in [0.1, 0.15) is 0 Å². The number of benzene rings is 3. The number of rotatable bonds is 5. The van der Waals surface area contributed by atoms with Crippen LogP contribution in [0.3, 0.4) is 0 Å². The number of hydrogen-bond donors (Lipinski definition) is 1. The van der Waals surface area contributed by atoms with Gasteiger partial charge < -0.3 is 0 Å². The fourth-order valence-electron chi connectivity index (χ4n) is 2.61. The Balaban J connectivity index is 1.80. The largest absolute Gasteiger partial charge is 0.272 e. The predicted molar refractivity (Wildman–Crippen MR) is 105 cm³/mol. The van der Waals surface area contributed by atoms with Crippen molar-refractivity contribution < 1.29 is 4.79 Å². The molecular weight excluding hydrogens is 376 g/mol. The molecule has 0 aliphatic carbocycles. The SMILES string of the molecule is O=C(N/N=C/c1cccc(Br)c1)C(c1ccccc1)c1ccccc1. The van der Waals surface area contributed by atoms with Gasteiger partial charge in [-0.2, -0.15) is 5.10 Å². The van der Waals surface area contributed by atoms with E-state index in [2.05, 4.69) is 26.5 Å². The van der Waals surface area contributed by atoms with Crippen molar-refractivity contribution >= 4 is 28.1 Å². The van der Waals surface area contributed by atoms with Crippen LogP contribution in [0.5, 0.6) is 0 Å². The summed E-state index contributed by atoms with van der Waals surface area (Å²) in [6.07, 6.45) is 1.63. The third-order valence-electron chi connectivity index (χ3n) is 3.77. The molecule has 0 bridgehead atoms. The van der Waals surface area contributed by atoms with E-state index in [1.165, 1.54) is 0 Å². The topological polar surface area (TPSA) is 41.5 Å². The van der Waals surface area contributed by atoms with E-state index in [0.29, 0.717) is 0 Å². The van der Waals surface area contributed by atoms with Crippen LogP contribution in [-0.4, -0.2) is 12.1 Å². The molecular formula is C21H17BrN2O.